The summed E-state index contributed by atoms with van der Waals surface area (Å²) in [5.74, 6) is 0.826. The maximum absolute atomic E-state index is 13.4. The molecule has 2 aliphatic rings. The van der Waals surface area contributed by atoms with E-state index < -0.39 is 5.97 Å². The van der Waals surface area contributed by atoms with E-state index in [-0.39, 0.29) is 23.8 Å². The summed E-state index contributed by atoms with van der Waals surface area (Å²) in [7, 11) is 1.31. The summed E-state index contributed by atoms with van der Waals surface area (Å²) in [5.41, 5.74) is 3.69. The topological polar surface area (TPSA) is 65.1 Å². The molecule has 154 valence electrons. The van der Waals surface area contributed by atoms with Crippen LogP contribution in [0.2, 0.25) is 0 Å². The van der Waals surface area contributed by atoms with E-state index in [1.54, 1.807) is 30.0 Å². The second-order valence-electron chi connectivity index (χ2n) is 7.51. The number of hydrogen-bond donors (Lipinski definition) is 0. The number of fused-ring (bicyclic) bond motifs is 1. The highest BCUT2D eigenvalue weighted by Gasteiger charge is 2.38. The molecule has 30 heavy (non-hydrogen) atoms. The normalized spacial score (nSPS) is 16.8. The van der Waals surface area contributed by atoms with Crippen LogP contribution in [0, 0.1) is 0 Å². The molecule has 0 radical (unpaired) electrons. The van der Waals surface area contributed by atoms with Crippen molar-refractivity contribution < 1.29 is 23.8 Å². The van der Waals surface area contributed by atoms with Crippen LogP contribution in [0.15, 0.2) is 59.3 Å². The molecule has 6 heteroatoms. The fourth-order valence-corrected chi connectivity index (χ4v) is 3.67. The quantitative estimate of drug-likeness (QED) is 0.557. The maximum Gasteiger partial charge on any atom is 0.340 e. The van der Waals surface area contributed by atoms with Crippen LogP contribution in [0.3, 0.4) is 0 Å². The predicted octanol–water partition coefficient (Wildman–Crippen LogP) is 4.42. The van der Waals surface area contributed by atoms with Crippen molar-refractivity contribution in [3.63, 3.8) is 0 Å². The van der Waals surface area contributed by atoms with E-state index >= 15 is 0 Å². The maximum atomic E-state index is 13.4. The molecule has 0 spiro atoms. The molecular weight excluding hydrogens is 382 g/mol. The lowest BCUT2D eigenvalue weighted by Crippen LogP contribution is -2.24. The molecule has 2 aliphatic heterocycles. The van der Waals surface area contributed by atoms with Gasteiger partial charge in [0.15, 0.2) is 11.5 Å². The summed E-state index contributed by atoms with van der Waals surface area (Å²) in [6, 6.07) is 13.2. The molecule has 4 rings (SSSR count). The van der Waals surface area contributed by atoms with Crippen LogP contribution in [0.1, 0.15) is 37.8 Å². The van der Waals surface area contributed by atoms with Crippen LogP contribution < -0.4 is 14.4 Å². The molecule has 2 aromatic carbocycles. The first-order chi connectivity index (χ1) is 14.4. The van der Waals surface area contributed by atoms with Crippen molar-refractivity contribution in [2.75, 3.05) is 18.8 Å². The zero-order valence-electron chi connectivity index (χ0n) is 17.4. The highest BCUT2D eigenvalue weighted by molar-refractivity contribution is 6.23. The van der Waals surface area contributed by atoms with Crippen molar-refractivity contribution in [1.29, 1.82) is 0 Å². The molecule has 0 aliphatic carbocycles. The molecule has 1 amide bonds. The van der Waals surface area contributed by atoms with Gasteiger partial charge in [0.05, 0.1) is 18.3 Å². The van der Waals surface area contributed by atoms with Gasteiger partial charge in [-0.2, -0.15) is 0 Å². The van der Waals surface area contributed by atoms with E-state index in [9.17, 15) is 9.59 Å². The molecule has 0 saturated carbocycles. The fourth-order valence-electron chi connectivity index (χ4n) is 3.67. The van der Waals surface area contributed by atoms with Gasteiger partial charge in [0.1, 0.15) is 0 Å². The Bertz CT molecular complexity index is 1080. The van der Waals surface area contributed by atoms with Crippen LogP contribution >= 0.6 is 0 Å². The standard InChI is InChI=1S/C24H23NO5/c1-14(2)17-6-8-18(9-7-17)25-15(3)22(24(27)28-4)19(23(25)26)11-16-5-10-20-21(12-16)30-13-29-20/h5-12,14H,13H2,1-4H3/b19-11+. The Kier molecular flexibility index (Phi) is 5.08. The van der Waals surface area contributed by atoms with E-state index in [4.69, 9.17) is 14.2 Å². The van der Waals surface area contributed by atoms with Gasteiger partial charge in [0, 0.05) is 11.4 Å². The number of nitrogens with zero attached hydrogens (tertiary/aromatic N) is 1. The number of rotatable bonds is 4. The Labute approximate surface area is 175 Å². The Morgan fingerprint density at radius 1 is 1.10 bits per heavy atom. The van der Waals surface area contributed by atoms with Gasteiger partial charge in [-0.1, -0.05) is 32.0 Å². The van der Waals surface area contributed by atoms with Gasteiger partial charge in [-0.05, 0) is 54.3 Å². The fraction of sp³-hybridized carbons (Fsp3) is 0.250. The summed E-state index contributed by atoms with van der Waals surface area (Å²) in [6.45, 7) is 6.15. The molecule has 0 saturated heterocycles. The monoisotopic (exact) mass is 405 g/mol. The highest BCUT2D eigenvalue weighted by atomic mass is 16.7. The SMILES string of the molecule is COC(=O)C1=C(C)N(c2ccc(C(C)C)cc2)C(=O)/C1=C/c1ccc2c(c1)OCO2. The van der Waals surface area contributed by atoms with Crippen LogP contribution in [-0.4, -0.2) is 25.8 Å². The van der Waals surface area contributed by atoms with Crippen LogP contribution in [0.4, 0.5) is 5.69 Å². The third-order valence-electron chi connectivity index (χ3n) is 5.32. The number of hydrogen-bond acceptors (Lipinski definition) is 5. The van der Waals surface area contributed by atoms with Gasteiger partial charge in [-0.15, -0.1) is 0 Å². The first-order valence-electron chi connectivity index (χ1n) is 9.76. The minimum Gasteiger partial charge on any atom is -0.465 e. The van der Waals surface area contributed by atoms with Crippen LogP contribution in [-0.2, 0) is 14.3 Å². The molecule has 0 bridgehead atoms. The zero-order chi connectivity index (χ0) is 21.4. The number of allylic oxidation sites excluding steroid dienone is 1. The van der Waals surface area contributed by atoms with Crippen molar-refractivity contribution in [2.24, 2.45) is 0 Å². The number of carbonyl (C=O) groups excluding carboxylic acids is 2. The first-order valence-corrected chi connectivity index (χ1v) is 9.76. The number of amides is 1. The van der Waals surface area contributed by atoms with Crippen molar-refractivity contribution in [3.8, 4) is 11.5 Å². The van der Waals surface area contributed by atoms with E-state index in [0.29, 0.717) is 28.8 Å². The minimum absolute atomic E-state index is 0.168. The predicted molar refractivity (Wildman–Crippen MR) is 113 cm³/mol. The molecular formula is C24H23NO5. The lowest BCUT2D eigenvalue weighted by Gasteiger charge is -2.19. The Balaban J connectivity index is 1.77. The highest BCUT2D eigenvalue weighted by Crippen LogP contribution is 2.38. The van der Waals surface area contributed by atoms with Crippen molar-refractivity contribution in [2.45, 2.75) is 26.7 Å². The van der Waals surface area contributed by atoms with E-state index in [1.165, 1.54) is 12.7 Å². The molecule has 0 fully saturated rings. The van der Waals surface area contributed by atoms with Crippen LogP contribution in [0.5, 0.6) is 11.5 Å². The second-order valence-corrected chi connectivity index (χ2v) is 7.51. The number of benzene rings is 2. The molecule has 6 nitrogen and oxygen atoms in total. The third-order valence-corrected chi connectivity index (χ3v) is 5.32. The first kappa shape index (κ1) is 19.8. The molecule has 0 unspecified atom stereocenters. The average Bonchev–Trinajstić information content (AvgIpc) is 3.30. The number of methoxy groups -OCH3 is 1. The Morgan fingerprint density at radius 2 is 1.80 bits per heavy atom. The Hall–Kier alpha value is -3.54. The Morgan fingerprint density at radius 3 is 2.47 bits per heavy atom. The number of ether oxygens (including phenoxy) is 3. The molecule has 0 atom stereocenters. The van der Waals surface area contributed by atoms with Gasteiger partial charge in [-0.25, -0.2) is 4.79 Å². The van der Waals surface area contributed by atoms with Crippen molar-refractivity contribution >= 4 is 23.6 Å². The summed E-state index contributed by atoms with van der Waals surface area (Å²) in [6.07, 6.45) is 1.68. The molecule has 0 N–H and O–H groups in total. The zero-order valence-corrected chi connectivity index (χ0v) is 17.4. The third kappa shape index (κ3) is 3.34. The lowest BCUT2D eigenvalue weighted by atomic mass is 10.0. The van der Waals surface area contributed by atoms with Crippen molar-refractivity contribution in [3.05, 3.63) is 70.4 Å². The minimum atomic E-state index is -0.547. The van der Waals surface area contributed by atoms with Gasteiger partial charge < -0.3 is 14.2 Å². The van der Waals surface area contributed by atoms with Crippen LogP contribution in [0.25, 0.3) is 6.08 Å². The van der Waals surface area contributed by atoms with Gasteiger partial charge in [0.25, 0.3) is 5.91 Å². The second kappa shape index (κ2) is 7.71. The summed E-state index contributed by atoms with van der Waals surface area (Å²) in [4.78, 5) is 27.4. The lowest BCUT2D eigenvalue weighted by molar-refractivity contribution is -0.136. The largest absolute Gasteiger partial charge is 0.465 e. The van der Waals surface area contributed by atoms with E-state index in [1.807, 2.05) is 30.3 Å². The van der Waals surface area contributed by atoms with Gasteiger partial charge in [0.2, 0.25) is 6.79 Å². The van der Waals surface area contributed by atoms with Crippen molar-refractivity contribution in [1.82, 2.24) is 0 Å². The summed E-state index contributed by atoms with van der Waals surface area (Å²) in [5, 5.41) is 0. The number of carbonyl (C=O) groups is 2. The number of esters is 1. The number of anilines is 1. The van der Waals surface area contributed by atoms with E-state index in [2.05, 4.69) is 13.8 Å². The molecule has 0 aromatic heterocycles. The average molecular weight is 405 g/mol. The molecule has 2 aromatic rings. The molecule has 2 heterocycles. The smallest absolute Gasteiger partial charge is 0.340 e. The van der Waals surface area contributed by atoms with Gasteiger partial charge in [-0.3, -0.25) is 9.69 Å². The van der Waals surface area contributed by atoms with E-state index in [0.717, 1.165) is 5.56 Å². The summed E-state index contributed by atoms with van der Waals surface area (Å²) >= 11 is 0. The summed E-state index contributed by atoms with van der Waals surface area (Å²) < 4.78 is 15.7. The van der Waals surface area contributed by atoms with Gasteiger partial charge >= 0.3 is 5.97 Å².